The Bertz CT molecular complexity index is 843. The van der Waals surface area contributed by atoms with Gasteiger partial charge in [0.05, 0.1) is 19.3 Å². The number of aromatic nitrogens is 2. The second-order valence-corrected chi connectivity index (χ2v) is 7.44. The van der Waals surface area contributed by atoms with Crippen molar-refractivity contribution in [2.75, 3.05) is 13.7 Å². The molecule has 1 aliphatic rings. The number of benzene rings is 1. The van der Waals surface area contributed by atoms with E-state index in [2.05, 4.69) is 24.7 Å². The normalized spacial score (nSPS) is 19.7. The van der Waals surface area contributed by atoms with Crippen molar-refractivity contribution < 1.29 is 14.9 Å². The number of hydrogen-bond donors (Lipinski definition) is 2. The summed E-state index contributed by atoms with van der Waals surface area (Å²) >= 11 is 0. The Kier molecular flexibility index (Phi) is 5.71. The average Bonchev–Trinajstić information content (AvgIpc) is 3.08. The lowest BCUT2D eigenvalue weighted by Gasteiger charge is -2.31. The Morgan fingerprint density at radius 1 is 1.30 bits per heavy atom. The van der Waals surface area contributed by atoms with Crippen molar-refractivity contribution in [3.05, 3.63) is 53.9 Å². The summed E-state index contributed by atoms with van der Waals surface area (Å²) in [7, 11) is 1.65. The van der Waals surface area contributed by atoms with Gasteiger partial charge in [0.25, 0.3) is 0 Å². The van der Waals surface area contributed by atoms with Crippen LogP contribution in [0.2, 0.25) is 0 Å². The van der Waals surface area contributed by atoms with Crippen LogP contribution < -0.4 is 0 Å². The highest BCUT2D eigenvalue weighted by Crippen LogP contribution is 2.47. The number of rotatable bonds is 6. The van der Waals surface area contributed by atoms with Crippen molar-refractivity contribution in [3.63, 3.8) is 0 Å². The second-order valence-electron chi connectivity index (χ2n) is 7.44. The Morgan fingerprint density at radius 2 is 2.00 bits per heavy atom. The maximum Gasteiger partial charge on any atom is 0.123 e. The Balaban J connectivity index is 1.96. The molecule has 1 aliphatic carbocycles. The smallest absolute Gasteiger partial charge is 0.123 e. The molecule has 27 heavy (non-hydrogen) atoms. The van der Waals surface area contributed by atoms with Gasteiger partial charge in [0, 0.05) is 30.4 Å². The Labute approximate surface area is 160 Å². The minimum absolute atomic E-state index is 0.0604. The van der Waals surface area contributed by atoms with Crippen LogP contribution >= 0.6 is 0 Å². The standard InChI is InChI=1S/C22H28N2O3/c1-14(2)18-6-5-15(3)9-19(18)22-20(25)10-16(11-21(22)26)17-12-23-24(13-17)7-8-27-4/h9-13,18-19,25-26H,1,5-8H2,2-4H3/t18-,19+/m0/s1. The maximum absolute atomic E-state index is 10.8. The van der Waals surface area contributed by atoms with E-state index in [0.29, 0.717) is 18.7 Å². The summed E-state index contributed by atoms with van der Waals surface area (Å²) < 4.78 is 6.85. The molecule has 1 aromatic carbocycles. The fourth-order valence-electron chi connectivity index (χ4n) is 3.86. The molecule has 3 rings (SSSR count). The van der Waals surface area contributed by atoms with Crippen LogP contribution in [-0.2, 0) is 11.3 Å². The lowest BCUT2D eigenvalue weighted by Crippen LogP contribution is -2.17. The highest BCUT2D eigenvalue weighted by atomic mass is 16.5. The summed E-state index contributed by atoms with van der Waals surface area (Å²) in [6, 6.07) is 3.42. The molecular formula is C22H28N2O3. The number of methoxy groups -OCH3 is 1. The molecule has 0 unspecified atom stereocenters. The van der Waals surface area contributed by atoms with Gasteiger partial charge in [-0.2, -0.15) is 5.10 Å². The van der Waals surface area contributed by atoms with Gasteiger partial charge in [0.1, 0.15) is 11.5 Å². The van der Waals surface area contributed by atoms with Crippen molar-refractivity contribution >= 4 is 0 Å². The number of ether oxygens (including phenoxy) is 1. The van der Waals surface area contributed by atoms with Gasteiger partial charge in [-0.25, -0.2) is 0 Å². The zero-order chi connectivity index (χ0) is 19.6. The summed E-state index contributed by atoms with van der Waals surface area (Å²) in [5.74, 6) is 0.372. The summed E-state index contributed by atoms with van der Waals surface area (Å²) in [6.45, 7) is 9.46. The summed E-state index contributed by atoms with van der Waals surface area (Å²) in [5, 5.41) is 25.8. The molecule has 1 heterocycles. The molecule has 0 aliphatic heterocycles. The largest absolute Gasteiger partial charge is 0.507 e. The molecule has 0 spiro atoms. The van der Waals surface area contributed by atoms with E-state index >= 15 is 0 Å². The van der Waals surface area contributed by atoms with E-state index in [-0.39, 0.29) is 23.3 Å². The van der Waals surface area contributed by atoms with Crippen LogP contribution in [0.3, 0.4) is 0 Å². The highest BCUT2D eigenvalue weighted by molar-refractivity contribution is 5.68. The van der Waals surface area contributed by atoms with Gasteiger partial charge < -0.3 is 14.9 Å². The number of aromatic hydroxyl groups is 2. The minimum Gasteiger partial charge on any atom is -0.507 e. The van der Waals surface area contributed by atoms with Gasteiger partial charge in [0.2, 0.25) is 0 Å². The monoisotopic (exact) mass is 368 g/mol. The van der Waals surface area contributed by atoms with E-state index in [1.54, 1.807) is 30.1 Å². The first-order chi connectivity index (χ1) is 12.9. The third-order valence-electron chi connectivity index (χ3n) is 5.34. The molecule has 0 saturated heterocycles. The van der Waals surface area contributed by atoms with Crippen molar-refractivity contribution in [3.8, 4) is 22.6 Å². The van der Waals surface area contributed by atoms with E-state index in [4.69, 9.17) is 4.74 Å². The molecule has 0 saturated carbocycles. The van der Waals surface area contributed by atoms with Crippen LogP contribution in [0.1, 0.15) is 38.2 Å². The molecule has 0 fully saturated rings. The summed E-state index contributed by atoms with van der Waals surface area (Å²) in [4.78, 5) is 0. The topological polar surface area (TPSA) is 67.5 Å². The number of hydrogen-bond acceptors (Lipinski definition) is 4. The predicted molar refractivity (Wildman–Crippen MR) is 107 cm³/mol. The number of allylic oxidation sites excluding steroid dienone is 3. The van der Waals surface area contributed by atoms with E-state index in [1.165, 1.54) is 5.57 Å². The van der Waals surface area contributed by atoms with Crippen LogP contribution in [0.5, 0.6) is 11.5 Å². The number of phenols is 2. The first-order valence-electron chi connectivity index (χ1n) is 9.31. The molecule has 2 atom stereocenters. The maximum atomic E-state index is 10.8. The zero-order valence-corrected chi connectivity index (χ0v) is 16.3. The molecule has 5 nitrogen and oxygen atoms in total. The van der Waals surface area contributed by atoms with Crippen molar-refractivity contribution in [1.82, 2.24) is 9.78 Å². The Morgan fingerprint density at radius 3 is 2.63 bits per heavy atom. The van der Waals surface area contributed by atoms with Crippen molar-refractivity contribution in [2.45, 2.75) is 39.2 Å². The van der Waals surface area contributed by atoms with Gasteiger partial charge in [-0.1, -0.05) is 23.8 Å². The molecular weight excluding hydrogens is 340 g/mol. The Hall–Kier alpha value is -2.53. The van der Waals surface area contributed by atoms with Crippen LogP contribution in [0.15, 0.2) is 48.3 Å². The molecule has 2 aromatic rings. The highest BCUT2D eigenvalue weighted by Gasteiger charge is 2.30. The van der Waals surface area contributed by atoms with Crippen LogP contribution in [-0.4, -0.2) is 33.7 Å². The lowest BCUT2D eigenvalue weighted by atomic mass is 9.73. The van der Waals surface area contributed by atoms with Gasteiger partial charge >= 0.3 is 0 Å². The first-order valence-corrected chi connectivity index (χ1v) is 9.31. The molecule has 0 amide bonds. The van der Waals surface area contributed by atoms with E-state index in [0.717, 1.165) is 29.5 Å². The van der Waals surface area contributed by atoms with Gasteiger partial charge in [-0.05, 0) is 50.3 Å². The van der Waals surface area contributed by atoms with Crippen LogP contribution in [0.4, 0.5) is 0 Å². The molecule has 0 bridgehead atoms. The SMILES string of the molecule is C=C(C)[C@@H]1CCC(C)=C[C@H]1c1c(O)cc(-c2cnn(CCOC)c2)cc1O. The summed E-state index contributed by atoms with van der Waals surface area (Å²) in [5.41, 5.74) is 4.51. The number of phenolic OH excluding ortho intramolecular Hbond substituents is 2. The first kappa shape index (κ1) is 19.2. The molecule has 2 N–H and O–H groups in total. The fourth-order valence-corrected chi connectivity index (χ4v) is 3.86. The summed E-state index contributed by atoms with van der Waals surface area (Å²) in [6.07, 6.45) is 7.77. The fraction of sp³-hybridized carbons (Fsp3) is 0.409. The van der Waals surface area contributed by atoms with Gasteiger partial charge in [-0.3, -0.25) is 4.68 Å². The molecule has 5 heteroatoms. The predicted octanol–water partition coefficient (Wildman–Crippen LogP) is 4.62. The van der Waals surface area contributed by atoms with Crippen molar-refractivity contribution in [2.24, 2.45) is 5.92 Å². The molecule has 144 valence electrons. The van der Waals surface area contributed by atoms with Gasteiger partial charge in [0.15, 0.2) is 0 Å². The van der Waals surface area contributed by atoms with E-state index < -0.39 is 0 Å². The van der Waals surface area contributed by atoms with Gasteiger partial charge in [-0.15, -0.1) is 0 Å². The average molecular weight is 368 g/mol. The van der Waals surface area contributed by atoms with Crippen molar-refractivity contribution in [1.29, 1.82) is 0 Å². The quantitative estimate of drug-likeness (QED) is 0.730. The van der Waals surface area contributed by atoms with E-state index in [9.17, 15) is 10.2 Å². The molecule has 0 radical (unpaired) electrons. The second kappa shape index (κ2) is 8.01. The third-order valence-corrected chi connectivity index (χ3v) is 5.34. The zero-order valence-electron chi connectivity index (χ0n) is 16.3. The van der Waals surface area contributed by atoms with Crippen LogP contribution in [0, 0.1) is 5.92 Å². The number of nitrogens with zero attached hydrogens (tertiary/aromatic N) is 2. The third kappa shape index (κ3) is 4.08. The van der Waals surface area contributed by atoms with E-state index in [1.807, 2.05) is 13.1 Å². The molecule has 1 aromatic heterocycles. The lowest BCUT2D eigenvalue weighted by molar-refractivity contribution is 0.183. The van der Waals surface area contributed by atoms with Crippen LogP contribution in [0.25, 0.3) is 11.1 Å². The minimum atomic E-state index is -0.0604.